The Morgan fingerprint density at radius 1 is 0.870 bits per heavy atom. The lowest BCUT2D eigenvalue weighted by molar-refractivity contribution is 0.0697. The van der Waals surface area contributed by atoms with Crippen LogP contribution in [0.4, 0.5) is 0 Å². The van der Waals surface area contributed by atoms with Gasteiger partial charge < -0.3 is 5.11 Å². The van der Waals surface area contributed by atoms with Crippen LogP contribution in [-0.2, 0) is 6.42 Å². The molecule has 0 saturated carbocycles. The SMILES string of the molecule is CC(C)CCCC(C)CCCC(C)Cc1ccc(C(=O)O)cc1. The van der Waals surface area contributed by atoms with E-state index in [2.05, 4.69) is 27.7 Å². The molecule has 0 heterocycles. The predicted molar refractivity (Wildman–Crippen MR) is 98.0 cm³/mol. The largest absolute Gasteiger partial charge is 0.478 e. The fourth-order valence-electron chi connectivity index (χ4n) is 3.12. The van der Waals surface area contributed by atoms with Gasteiger partial charge in [0.2, 0.25) is 0 Å². The molecular weight excluding hydrogens is 284 g/mol. The maximum atomic E-state index is 10.9. The molecule has 130 valence electrons. The van der Waals surface area contributed by atoms with Gasteiger partial charge in [-0.3, -0.25) is 0 Å². The number of carbonyl (C=O) groups is 1. The molecular formula is C21H34O2. The second-order valence-corrected chi connectivity index (χ2v) is 7.67. The Kier molecular flexibility index (Phi) is 8.98. The van der Waals surface area contributed by atoms with Gasteiger partial charge in [-0.15, -0.1) is 0 Å². The van der Waals surface area contributed by atoms with Gasteiger partial charge in [0.25, 0.3) is 0 Å². The zero-order valence-electron chi connectivity index (χ0n) is 15.3. The zero-order valence-corrected chi connectivity index (χ0v) is 15.3. The average molecular weight is 319 g/mol. The highest BCUT2D eigenvalue weighted by atomic mass is 16.4. The van der Waals surface area contributed by atoms with Gasteiger partial charge in [-0.2, -0.15) is 0 Å². The lowest BCUT2D eigenvalue weighted by atomic mass is 9.91. The molecule has 0 aliphatic heterocycles. The van der Waals surface area contributed by atoms with Crippen molar-refractivity contribution in [3.05, 3.63) is 35.4 Å². The third-order valence-corrected chi connectivity index (χ3v) is 4.66. The van der Waals surface area contributed by atoms with E-state index in [0.29, 0.717) is 11.5 Å². The van der Waals surface area contributed by atoms with Crippen LogP contribution in [0.25, 0.3) is 0 Å². The van der Waals surface area contributed by atoms with E-state index in [1.165, 1.54) is 44.1 Å². The van der Waals surface area contributed by atoms with Crippen molar-refractivity contribution >= 4 is 5.97 Å². The number of carboxylic acid groups (broad SMARTS) is 1. The molecule has 0 amide bonds. The van der Waals surface area contributed by atoms with E-state index in [1.807, 2.05) is 12.1 Å². The predicted octanol–water partition coefficient (Wildman–Crippen LogP) is 6.20. The summed E-state index contributed by atoms with van der Waals surface area (Å²) in [7, 11) is 0. The van der Waals surface area contributed by atoms with Crippen LogP contribution < -0.4 is 0 Å². The minimum Gasteiger partial charge on any atom is -0.478 e. The number of benzene rings is 1. The Morgan fingerprint density at radius 2 is 1.39 bits per heavy atom. The maximum Gasteiger partial charge on any atom is 0.335 e. The van der Waals surface area contributed by atoms with Crippen LogP contribution in [0.5, 0.6) is 0 Å². The fourth-order valence-corrected chi connectivity index (χ4v) is 3.12. The van der Waals surface area contributed by atoms with Crippen molar-refractivity contribution in [2.24, 2.45) is 17.8 Å². The molecule has 2 unspecified atom stereocenters. The van der Waals surface area contributed by atoms with Gasteiger partial charge >= 0.3 is 5.97 Å². The molecule has 23 heavy (non-hydrogen) atoms. The monoisotopic (exact) mass is 318 g/mol. The van der Waals surface area contributed by atoms with Crippen LogP contribution in [0.3, 0.4) is 0 Å². The summed E-state index contributed by atoms with van der Waals surface area (Å²) in [4.78, 5) is 10.9. The van der Waals surface area contributed by atoms with E-state index in [1.54, 1.807) is 12.1 Å². The first-order valence-electron chi connectivity index (χ1n) is 9.20. The van der Waals surface area contributed by atoms with Gasteiger partial charge in [-0.1, -0.05) is 78.4 Å². The highest BCUT2D eigenvalue weighted by Crippen LogP contribution is 2.21. The number of hydrogen-bond acceptors (Lipinski definition) is 1. The van der Waals surface area contributed by atoms with Crippen LogP contribution in [0.1, 0.15) is 82.1 Å². The van der Waals surface area contributed by atoms with Crippen LogP contribution in [0.2, 0.25) is 0 Å². The molecule has 1 N–H and O–H groups in total. The minimum absolute atomic E-state index is 0.372. The van der Waals surface area contributed by atoms with Crippen molar-refractivity contribution in [1.82, 2.24) is 0 Å². The van der Waals surface area contributed by atoms with E-state index in [4.69, 9.17) is 5.11 Å². The number of hydrogen-bond donors (Lipinski definition) is 1. The summed E-state index contributed by atoms with van der Waals surface area (Å²) in [5, 5.41) is 8.92. The molecule has 0 fully saturated rings. The molecule has 0 aliphatic rings. The third-order valence-electron chi connectivity index (χ3n) is 4.66. The summed E-state index contributed by atoms with van der Waals surface area (Å²) in [6.45, 7) is 9.29. The van der Waals surface area contributed by atoms with Gasteiger partial charge in [0.1, 0.15) is 0 Å². The molecule has 2 atom stereocenters. The lowest BCUT2D eigenvalue weighted by Gasteiger charge is -2.15. The van der Waals surface area contributed by atoms with E-state index in [0.717, 1.165) is 18.3 Å². The first-order valence-corrected chi connectivity index (χ1v) is 9.20. The second-order valence-electron chi connectivity index (χ2n) is 7.67. The molecule has 1 aromatic carbocycles. The van der Waals surface area contributed by atoms with E-state index < -0.39 is 5.97 Å². The molecule has 1 rings (SSSR count). The first kappa shape index (κ1) is 19.7. The van der Waals surface area contributed by atoms with Crippen molar-refractivity contribution < 1.29 is 9.90 Å². The quantitative estimate of drug-likeness (QED) is 0.527. The third kappa shape index (κ3) is 8.78. The highest BCUT2D eigenvalue weighted by molar-refractivity contribution is 5.87. The van der Waals surface area contributed by atoms with Gasteiger partial charge in [0.05, 0.1) is 5.56 Å². The standard InChI is InChI=1S/C21H34O2/c1-16(2)7-5-8-17(3)9-6-10-18(4)15-19-11-13-20(14-12-19)21(22)23/h11-14,16-18H,5-10,15H2,1-4H3,(H,22,23). The molecule has 0 saturated heterocycles. The molecule has 0 radical (unpaired) electrons. The molecule has 0 bridgehead atoms. The second kappa shape index (κ2) is 10.5. The first-order chi connectivity index (χ1) is 10.9. The Balaban J connectivity index is 2.21. The van der Waals surface area contributed by atoms with Crippen LogP contribution in [0.15, 0.2) is 24.3 Å². The molecule has 0 aliphatic carbocycles. The molecule has 2 nitrogen and oxygen atoms in total. The summed E-state index contributed by atoms with van der Waals surface area (Å²) >= 11 is 0. The summed E-state index contributed by atoms with van der Waals surface area (Å²) in [5.74, 6) is 1.48. The Bertz CT molecular complexity index is 447. The topological polar surface area (TPSA) is 37.3 Å². The summed E-state index contributed by atoms with van der Waals surface area (Å²) < 4.78 is 0. The smallest absolute Gasteiger partial charge is 0.335 e. The van der Waals surface area contributed by atoms with Gasteiger partial charge in [0.15, 0.2) is 0 Å². The summed E-state index contributed by atoms with van der Waals surface area (Å²) in [5.41, 5.74) is 1.61. The molecule has 1 aromatic rings. The van der Waals surface area contributed by atoms with Crippen LogP contribution in [-0.4, -0.2) is 11.1 Å². The van der Waals surface area contributed by atoms with Crippen molar-refractivity contribution in [3.63, 3.8) is 0 Å². The van der Waals surface area contributed by atoms with E-state index in [9.17, 15) is 4.79 Å². The Hall–Kier alpha value is -1.31. The number of rotatable bonds is 11. The highest BCUT2D eigenvalue weighted by Gasteiger charge is 2.08. The molecule has 2 heteroatoms. The van der Waals surface area contributed by atoms with Crippen LogP contribution in [0, 0.1) is 17.8 Å². The summed E-state index contributed by atoms with van der Waals surface area (Å²) in [6, 6.07) is 7.32. The average Bonchev–Trinajstić information content (AvgIpc) is 2.47. The minimum atomic E-state index is -0.851. The maximum absolute atomic E-state index is 10.9. The van der Waals surface area contributed by atoms with Gasteiger partial charge in [-0.25, -0.2) is 4.79 Å². The Morgan fingerprint density at radius 3 is 1.91 bits per heavy atom. The van der Waals surface area contributed by atoms with Gasteiger partial charge in [0, 0.05) is 0 Å². The van der Waals surface area contributed by atoms with Crippen molar-refractivity contribution in [3.8, 4) is 0 Å². The normalized spacial score (nSPS) is 14.0. The van der Waals surface area contributed by atoms with Gasteiger partial charge in [-0.05, 0) is 41.9 Å². The zero-order chi connectivity index (χ0) is 17.2. The molecule has 0 aromatic heterocycles. The Labute approximate surface area is 142 Å². The van der Waals surface area contributed by atoms with E-state index >= 15 is 0 Å². The number of aromatic carboxylic acids is 1. The van der Waals surface area contributed by atoms with Crippen molar-refractivity contribution in [1.29, 1.82) is 0 Å². The van der Waals surface area contributed by atoms with E-state index in [-0.39, 0.29) is 0 Å². The lowest BCUT2D eigenvalue weighted by Crippen LogP contribution is -2.03. The van der Waals surface area contributed by atoms with Crippen molar-refractivity contribution in [2.45, 2.75) is 72.6 Å². The summed E-state index contributed by atoms with van der Waals surface area (Å²) in [6.07, 6.45) is 9.02. The van der Waals surface area contributed by atoms with Crippen molar-refractivity contribution in [2.75, 3.05) is 0 Å². The number of carboxylic acids is 1. The van der Waals surface area contributed by atoms with Crippen LogP contribution >= 0.6 is 0 Å². The molecule has 0 spiro atoms. The fraction of sp³-hybridized carbons (Fsp3) is 0.667.